The summed E-state index contributed by atoms with van der Waals surface area (Å²) in [7, 11) is 0. The smallest absolute Gasteiger partial charge is 0.0348 e. The van der Waals surface area contributed by atoms with Crippen LogP contribution in [0.25, 0.3) is 0 Å². The van der Waals surface area contributed by atoms with E-state index in [0.29, 0.717) is 0 Å². The molecule has 150 valence electrons. The van der Waals surface area contributed by atoms with Crippen LogP contribution >= 0.6 is 0 Å². The zero-order valence-electron chi connectivity index (χ0n) is 17.5. The summed E-state index contributed by atoms with van der Waals surface area (Å²) in [5.41, 5.74) is 0. The third-order valence-corrected chi connectivity index (χ3v) is 5.01. The van der Waals surface area contributed by atoms with Gasteiger partial charge in [0.15, 0.2) is 0 Å². The Hall–Kier alpha value is -1.56. The number of hydrogen-bond donors (Lipinski definition) is 0. The maximum absolute atomic E-state index is 2.29. The van der Waals surface area contributed by atoms with Crippen LogP contribution in [0.4, 0.5) is 0 Å². The van der Waals surface area contributed by atoms with Crippen LogP contribution in [0.3, 0.4) is 0 Å². The molecule has 0 saturated heterocycles. The summed E-state index contributed by atoms with van der Waals surface area (Å²) >= 11 is 0. The lowest BCUT2D eigenvalue weighted by Gasteiger charge is -2.03. The molecule has 0 aliphatic heterocycles. The van der Waals surface area contributed by atoms with Crippen molar-refractivity contribution in [3.63, 3.8) is 0 Å². The second-order valence-electron chi connectivity index (χ2n) is 7.57. The molecule has 0 aromatic rings. The molecular formula is C27H42. The van der Waals surface area contributed by atoms with Gasteiger partial charge in [-0.25, -0.2) is 0 Å². The summed E-state index contributed by atoms with van der Waals surface area (Å²) in [4.78, 5) is 0. The van der Waals surface area contributed by atoms with E-state index in [1.807, 2.05) is 0 Å². The molecule has 27 heavy (non-hydrogen) atoms. The van der Waals surface area contributed by atoms with E-state index in [9.17, 15) is 0 Å². The SMILES string of the molecule is C1=CC=CC=CCCCCCCCCCCCCCCCC=CC=CC=C1. The Kier molecular flexibility index (Phi) is 18.0. The monoisotopic (exact) mass is 366 g/mol. The summed E-state index contributed by atoms with van der Waals surface area (Å²) in [6, 6.07) is 0. The maximum atomic E-state index is 2.29. The van der Waals surface area contributed by atoms with Crippen molar-refractivity contribution in [2.24, 2.45) is 0 Å². The molecule has 0 aromatic heterocycles. The highest BCUT2D eigenvalue weighted by atomic mass is 14.0. The van der Waals surface area contributed by atoms with E-state index in [-0.39, 0.29) is 0 Å². The third-order valence-electron chi connectivity index (χ3n) is 5.01. The van der Waals surface area contributed by atoms with Gasteiger partial charge >= 0.3 is 0 Å². The van der Waals surface area contributed by atoms with Gasteiger partial charge in [0.25, 0.3) is 0 Å². The minimum atomic E-state index is 1.21. The fourth-order valence-electron chi connectivity index (χ4n) is 3.33. The van der Waals surface area contributed by atoms with Crippen molar-refractivity contribution in [1.82, 2.24) is 0 Å². The first-order valence-electron chi connectivity index (χ1n) is 11.5. The summed E-state index contributed by atoms with van der Waals surface area (Å²) < 4.78 is 0. The van der Waals surface area contributed by atoms with Gasteiger partial charge in [-0.1, -0.05) is 144 Å². The Morgan fingerprint density at radius 2 is 0.444 bits per heavy atom. The predicted octanol–water partition coefficient (Wildman–Crippen LogP) is 9.19. The van der Waals surface area contributed by atoms with Gasteiger partial charge in [0.05, 0.1) is 0 Å². The molecule has 1 aliphatic carbocycles. The van der Waals surface area contributed by atoms with E-state index in [2.05, 4.69) is 72.9 Å². The van der Waals surface area contributed by atoms with Crippen LogP contribution < -0.4 is 0 Å². The predicted molar refractivity (Wildman–Crippen MR) is 124 cm³/mol. The van der Waals surface area contributed by atoms with E-state index >= 15 is 0 Å². The van der Waals surface area contributed by atoms with Crippen LogP contribution in [0.2, 0.25) is 0 Å². The molecule has 0 heterocycles. The quantitative estimate of drug-likeness (QED) is 0.401. The average molecular weight is 367 g/mol. The highest BCUT2D eigenvalue weighted by Gasteiger charge is 1.93. The summed E-state index contributed by atoms with van der Waals surface area (Å²) in [5, 5.41) is 0. The first-order chi connectivity index (χ1) is 13.5. The van der Waals surface area contributed by atoms with Crippen molar-refractivity contribution in [1.29, 1.82) is 0 Å². The molecule has 0 unspecified atom stereocenters. The van der Waals surface area contributed by atoms with E-state index < -0.39 is 0 Å². The van der Waals surface area contributed by atoms with Crippen LogP contribution in [0.1, 0.15) is 96.3 Å². The van der Waals surface area contributed by atoms with E-state index in [1.54, 1.807) is 0 Å². The number of hydrogen-bond acceptors (Lipinski definition) is 0. The fraction of sp³-hybridized carbons (Fsp3) is 0.556. The summed E-state index contributed by atoms with van der Waals surface area (Å²) in [6.45, 7) is 0. The minimum absolute atomic E-state index is 1.21. The van der Waals surface area contributed by atoms with Crippen molar-refractivity contribution in [3.05, 3.63) is 72.9 Å². The topological polar surface area (TPSA) is 0 Å². The lowest BCUT2D eigenvalue weighted by Crippen LogP contribution is -1.83. The Morgan fingerprint density at radius 1 is 0.222 bits per heavy atom. The lowest BCUT2D eigenvalue weighted by molar-refractivity contribution is 0.538. The van der Waals surface area contributed by atoms with Gasteiger partial charge in [0, 0.05) is 0 Å². The Labute approximate surface area is 169 Å². The van der Waals surface area contributed by atoms with Crippen LogP contribution in [-0.2, 0) is 0 Å². The second kappa shape index (κ2) is 20.7. The lowest BCUT2D eigenvalue weighted by atomic mass is 10.0. The molecule has 0 heteroatoms. The molecular weight excluding hydrogens is 324 g/mol. The molecule has 0 bridgehead atoms. The first kappa shape index (κ1) is 23.5. The molecule has 1 aliphatic rings. The molecule has 0 spiro atoms. The van der Waals surface area contributed by atoms with Gasteiger partial charge < -0.3 is 0 Å². The highest BCUT2D eigenvalue weighted by Crippen LogP contribution is 2.13. The van der Waals surface area contributed by atoms with Crippen molar-refractivity contribution in [3.8, 4) is 0 Å². The Bertz CT molecular complexity index is 426. The van der Waals surface area contributed by atoms with Gasteiger partial charge in [-0.15, -0.1) is 0 Å². The van der Waals surface area contributed by atoms with Gasteiger partial charge in [-0.05, 0) is 25.7 Å². The fourth-order valence-corrected chi connectivity index (χ4v) is 3.33. The molecule has 0 fully saturated rings. The van der Waals surface area contributed by atoms with E-state index in [1.165, 1.54) is 96.3 Å². The van der Waals surface area contributed by atoms with Gasteiger partial charge in [-0.2, -0.15) is 0 Å². The summed E-state index contributed by atoms with van der Waals surface area (Å²) in [5.74, 6) is 0. The van der Waals surface area contributed by atoms with Crippen molar-refractivity contribution >= 4 is 0 Å². The molecule has 0 amide bonds. The van der Waals surface area contributed by atoms with Gasteiger partial charge in [-0.3, -0.25) is 0 Å². The van der Waals surface area contributed by atoms with Crippen LogP contribution in [0.15, 0.2) is 72.9 Å². The molecule has 0 aromatic carbocycles. The second-order valence-corrected chi connectivity index (χ2v) is 7.57. The Morgan fingerprint density at radius 3 is 0.741 bits per heavy atom. The maximum Gasteiger partial charge on any atom is -0.0348 e. The average Bonchev–Trinajstić information content (AvgIpc) is 2.68. The number of rotatable bonds is 0. The third kappa shape index (κ3) is 19.0. The molecule has 0 atom stereocenters. The standard InChI is InChI=1S/C27H42/c1-2-4-6-8-10-12-14-16-18-20-22-24-26-27-25-23-21-19-17-15-13-11-9-7-5-3-1/h1-12H,13-27H2. The Balaban J connectivity index is 2.27. The van der Waals surface area contributed by atoms with Crippen LogP contribution in [0.5, 0.6) is 0 Å². The molecule has 0 radical (unpaired) electrons. The highest BCUT2D eigenvalue weighted by molar-refractivity contribution is 5.19. The number of allylic oxidation sites excluding steroid dienone is 12. The van der Waals surface area contributed by atoms with Crippen LogP contribution in [-0.4, -0.2) is 0 Å². The largest absolute Gasteiger partial charge is 0.0845 e. The van der Waals surface area contributed by atoms with Crippen molar-refractivity contribution in [2.45, 2.75) is 96.3 Å². The first-order valence-corrected chi connectivity index (χ1v) is 11.5. The van der Waals surface area contributed by atoms with Gasteiger partial charge in [0.1, 0.15) is 0 Å². The molecule has 0 N–H and O–H groups in total. The normalized spacial score (nSPS) is 20.4. The zero-order valence-corrected chi connectivity index (χ0v) is 17.5. The van der Waals surface area contributed by atoms with Crippen molar-refractivity contribution in [2.75, 3.05) is 0 Å². The molecule has 0 saturated carbocycles. The van der Waals surface area contributed by atoms with Crippen LogP contribution in [0, 0.1) is 0 Å². The minimum Gasteiger partial charge on any atom is -0.0845 e. The zero-order chi connectivity index (χ0) is 19.1. The van der Waals surface area contributed by atoms with E-state index in [0.717, 1.165) is 0 Å². The van der Waals surface area contributed by atoms with Gasteiger partial charge in [0.2, 0.25) is 0 Å². The van der Waals surface area contributed by atoms with E-state index in [4.69, 9.17) is 0 Å². The summed E-state index contributed by atoms with van der Waals surface area (Å²) in [6.07, 6.45) is 46.5. The molecule has 0 nitrogen and oxygen atoms in total. The molecule has 1 rings (SSSR count). The van der Waals surface area contributed by atoms with Crippen molar-refractivity contribution < 1.29 is 0 Å².